The van der Waals surface area contributed by atoms with Crippen LogP contribution in [0.4, 0.5) is 5.82 Å². The van der Waals surface area contributed by atoms with Gasteiger partial charge in [0.25, 0.3) is 11.8 Å². The van der Waals surface area contributed by atoms with Crippen molar-refractivity contribution in [2.45, 2.75) is 6.92 Å². The van der Waals surface area contributed by atoms with Gasteiger partial charge >= 0.3 is 0 Å². The van der Waals surface area contributed by atoms with Gasteiger partial charge in [0.1, 0.15) is 0 Å². The molecular weight excluding hydrogens is 294 g/mol. The Kier molecular flexibility index (Phi) is 4.90. The van der Waals surface area contributed by atoms with Crippen molar-refractivity contribution in [3.05, 3.63) is 41.7 Å². The number of benzene rings is 1. The average molecular weight is 313 g/mol. The number of hydrogen-bond donors (Lipinski definition) is 2. The van der Waals surface area contributed by atoms with Crippen LogP contribution in [0.3, 0.4) is 0 Å². The molecule has 3 N–H and O–H groups in total. The van der Waals surface area contributed by atoms with E-state index in [1.54, 1.807) is 38.4 Å². The maximum Gasteiger partial charge on any atom is 0.273 e. The maximum atomic E-state index is 11.9. The summed E-state index contributed by atoms with van der Waals surface area (Å²) in [5.74, 6) is -0.360. The molecule has 0 atom stereocenters. The molecule has 0 radical (unpaired) electrons. The van der Waals surface area contributed by atoms with E-state index in [0.29, 0.717) is 17.8 Å². The number of carbonyl (C=O) groups is 2. The second-order valence-corrected chi connectivity index (χ2v) is 5.13. The molecule has 23 heavy (non-hydrogen) atoms. The predicted octanol–water partition coefficient (Wildman–Crippen LogP) is 1.18. The minimum Gasteiger partial charge on any atom is -0.382 e. The molecule has 2 amide bonds. The van der Waals surface area contributed by atoms with Crippen LogP contribution in [0.15, 0.2) is 30.5 Å². The zero-order chi connectivity index (χ0) is 17.0. The van der Waals surface area contributed by atoms with Gasteiger partial charge in [-0.15, -0.1) is 0 Å². The molecule has 1 aromatic carbocycles. The van der Waals surface area contributed by atoms with Crippen LogP contribution in [0, 0.1) is 0 Å². The summed E-state index contributed by atoms with van der Waals surface area (Å²) in [4.78, 5) is 33.6. The number of nitrogen functional groups attached to an aromatic ring is 1. The zero-order valence-corrected chi connectivity index (χ0v) is 13.3. The summed E-state index contributed by atoms with van der Waals surface area (Å²) in [6.45, 7) is 2.29. The molecule has 7 nitrogen and oxygen atoms in total. The Balaban J connectivity index is 2.33. The molecule has 0 fully saturated rings. The highest BCUT2D eigenvalue weighted by atomic mass is 16.2. The molecule has 1 heterocycles. The highest BCUT2D eigenvalue weighted by Crippen LogP contribution is 2.19. The van der Waals surface area contributed by atoms with Crippen molar-refractivity contribution >= 4 is 17.6 Å². The lowest BCUT2D eigenvalue weighted by atomic mass is 10.1. The fourth-order valence-electron chi connectivity index (χ4n) is 1.99. The fraction of sp³-hybridized carbons (Fsp3) is 0.250. The van der Waals surface area contributed by atoms with E-state index in [0.717, 1.165) is 5.56 Å². The molecule has 2 aromatic rings. The van der Waals surface area contributed by atoms with E-state index in [-0.39, 0.29) is 23.3 Å². The standard InChI is InChI=1S/C16H19N5O2/c1-4-18-15(22)13-14(17)19-9-12(20-13)10-5-7-11(8-6-10)16(23)21(2)3/h5-9H,4H2,1-3H3,(H2,17,19)(H,18,22). The van der Waals surface area contributed by atoms with Crippen LogP contribution in [0.5, 0.6) is 0 Å². The van der Waals surface area contributed by atoms with Gasteiger partial charge in [0.05, 0.1) is 11.9 Å². The van der Waals surface area contributed by atoms with Crippen molar-refractivity contribution < 1.29 is 9.59 Å². The highest BCUT2D eigenvalue weighted by Gasteiger charge is 2.14. The number of anilines is 1. The number of hydrogen-bond acceptors (Lipinski definition) is 5. The van der Waals surface area contributed by atoms with Gasteiger partial charge < -0.3 is 16.0 Å². The topological polar surface area (TPSA) is 101 Å². The van der Waals surface area contributed by atoms with Crippen LogP contribution < -0.4 is 11.1 Å². The van der Waals surface area contributed by atoms with E-state index < -0.39 is 0 Å². The van der Waals surface area contributed by atoms with Crippen LogP contribution in [0.25, 0.3) is 11.3 Å². The van der Waals surface area contributed by atoms with Crippen molar-refractivity contribution in [3.63, 3.8) is 0 Å². The third-order valence-corrected chi connectivity index (χ3v) is 3.19. The van der Waals surface area contributed by atoms with E-state index in [2.05, 4.69) is 15.3 Å². The largest absolute Gasteiger partial charge is 0.382 e. The molecule has 0 aliphatic heterocycles. The van der Waals surface area contributed by atoms with Crippen LogP contribution in [0.2, 0.25) is 0 Å². The molecule has 2 rings (SSSR count). The number of nitrogens with two attached hydrogens (primary N) is 1. The summed E-state index contributed by atoms with van der Waals surface area (Å²) < 4.78 is 0. The molecule has 0 unspecified atom stereocenters. The van der Waals surface area contributed by atoms with Gasteiger partial charge in [-0.3, -0.25) is 9.59 Å². The minimum atomic E-state index is -0.362. The molecule has 0 saturated carbocycles. The van der Waals surface area contributed by atoms with Gasteiger partial charge in [-0.05, 0) is 19.1 Å². The van der Waals surface area contributed by atoms with E-state index in [1.807, 2.05) is 6.92 Å². The number of nitrogens with one attached hydrogen (secondary N) is 1. The molecule has 120 valence electrons. The first-order chi connectivity index (χ1) is 10.9. The maximum absolute atomic E-state index is 11.9. The Hall–Kier alpha value is -2.96. The van der Waals surface area contributed by atoms with Crippen LogP contribution in [0.1, 0.15) is 27.8 Å². The van der Waals surface area contributed by atoms with Crippen LogP contribution in [-0.4, -0.2) is 47.3 Å². The number of carbonyl (C=O) groups excluding carboxylic acids is 2. The van der Waals surface area contributed by atoms with Gasteiger partial charge in [-0.1, -0.05) is 12.1 Å². The Bertz CT molecular complexity index is 726. The predicted molar refractivity (Wildman–Crippen MR) is 87.9 cm³/mol. The lowest BCUT2D eigenvalue weighted by Crippen LogP contribution is -2.25. The molecule has 1 aromatic heterocycles. The van der Waals surface area contributed by atoms with E-state index >= 15 is 0 Å². The summed E-state index contributed by atoms with van der Waals surface area (Å²) in [5, 5.41) is 2.65. The Morgan fingerprint density at radius 2 is 1.87 bits per heavy atom. The fourth-order valence-corrected chi connectivity index (χ4v) is 1.99. The first-order valence-electron chi connectivity index (χ1n) is 7.16. The zero-order valence-electron chi connectivity index (χ0n) is 13.3. The summed E-state index contributed by atoms with van der Waals surface area (Å²) in [7, 11) is 3.39. The molecule has 0 saturated heterocycles. The third kappa shape index (κ3) is 3.63. The van der Waals surface area contributed by atoms with Crippen molar-refractivity contribution in [2.75, 3.05) is 26.4 Å². The monoisotopic (exact) mass is 313 g/mol. The number of amides is 2. The van der Waals surface area contributed by atoms with Crippen molar-refractivity contribution in [2.24, 2.45) is 0 Å². The molecule has 0 aliphatic rings. The van der Waals surface area contributed by atoms with E-state index in [9.17, 15) is 9.59 Å². The summed E-state index contributed by atoms with van der Waals surface area (Å²) in [6.07, 6.45) is 1.50. The van der Waals surface area contributed by atoms with Gasteiger partial charge in [0.2, 0.25) is 0 Å². The summed E-state index contributed by atoms with van der Waals surface area (Å²) >= 11 is 0. The molecular formula is C16H19N5O2. The second-order valence-electron chi connectivity index (χ2n) is 5.13. The van der Waals surface area contributed by atoms with Crippen LogP contribution in [-0.2, 0) is 0 Å². The Morgan fingerprint density at radius 3 is 2.43 bits per heavy atom. The van der Waals surface area contributed by atoms with Gasteiger partial charge in [0, 0.05) is 31.8 Å². The Labute approximate surface area is 134 Å². The first kappa shape index (κ1) is 16.4. The van der Waals surface area contributed by atoms with Crippen molar-refractivity contribution in [3.8, 4) is 11.3 Å². The summed E-state index contributed by atoms with van der Waals surface area (Å²) in [5.41, 5.74) is 7.65. The van der Waals surface area contributed by atoms with Gasteiger partial charge in [0.15, 0.2) is 11.5 Å². The lowest BCUT2D eigenvalue weighted by Gasteiger charge is -2.11. The molecule has 0 bridgehead atoms. The molecule has 0 aliphatic carbocycles. The minimum absolute atomic E-state index is 0.0806. The van der Waals surface area contributed by atoms with E-state index in [4.69, 9.17) is 5.73 Å². The van der Waals surface area contributed by atoms with Crippen molar-refractivity contribution in [1.82, 2.24) is 20.2 Å². The average Bonchev–Trinajstić information content (AvgIpc) is 2.55. The van der Waals surface area contributed by atoms with Crippen molar-refractivity contribution in [1.29, 1.82) is 0 Å². The van der Waals surface area contributed by atoms with E-state index in [1.165, 1.54) is 11.1 Å². The quantitative estimate of drug-likeness (QED) is 0.882. The SMILES string of the molecule is CCNC(=O)c1nc(-c2ccc(C(=O)N(C)C)cc2)cnc1N. The smallest absolute Gasteiger partial charge is 0.273 e. The van der Waals surface area contributed by atoms with Gasteiger partial charge in [-0.2, -0.15) is 0 Å². The second kappa shape index (κ2) is 6.87. The van der Waals surface area contributed by atoms with Gasteiger partial charge in [-0.25, -0.2) is 9.97 Å². The third-order valence-electron chi connectivity index (χ3n) is 3.19. The highest BCUT2D eigenvalue weighted by molar-refractivity contribution is 5.97. The number of aromatic nitrogens is 2. The molecule has 7 heteroatoms. The Morgan fingerprint density at radius 1 is 1.22 bits per heavy atom. The normalized spacial score (nSPS) is 10.2. The summed E-state index contributed by atoms with van der Waals surface area (Å²) in [6, 6.07) is 6.94. The van der Waals surface area contributed by atoms with Crippen LogP contribution >= 0.6 is 0 Å². The first-order valence-corrected chi connectivity index (χ1v) is 7.16. The lowest BCUT2D eigenvalue weighted by molar-refractivity contribution is 0.0827. The molecule has 0 spiro atoms. The number of rotatable bonds is 4. The number of nitrogens with zero attached hydrogens (tertiary/aromatic N) is 3.